The van der Waals surface area contributed by atoms with Crippen molar-refractivity contribution in [3.8, 4) is 0 Å². The summed E-state index contributed by atoms with van der Waals surface area (Å²) in [5.74, 6) is 0.185. The van der Waals surface area contributed by atoms with Gasteiger partial charge in [0.05, 0.1) is 10.7 Å². The Labute approximate surface area is 114 Å². The Morgan fingerprint density at radius 3 is 2.89 bits per heavy atom. The first-order valence-electron chi connectivity index (χ1n) is 5.82. The van der Waals surface area contributed by atoms with Crippen LogP contribution in [0.25, 0.3) is 0 Å². The molecule has 1 fully saturated rings. The predicted octanol–water partition coefficient (Wildman–Crippen LogP) is 3.99. The molecule has 18 heavy (non-hydrogen) atoms. The van der Waals surface area contributed by atoms with Crippen LogP contribution in [-0.2, 0) is 6.42 Å². The number of halogens is 2. The Balaban J connectivity index is 1.89. The molecule has 0 bridgehead atoms. The molecule has 3 rings (SSSR count). The highest BCUT2D eigenvalue weighted by molar-refractivity contribution is 7.15. The Kier molecular flexibility index (Phi) is 2.99. The van der Waals surface area contributed by atoms with Crippen LogP contribution in [0.15, 0.2) is 18.2 Å². The maximum atomic E-state index is 13.4. The quantitative estimate of drug-likeness (QED) is 0.924. The van der Waals surface area contributed by atoms with Gasteiger partial charge in [-0.3, -0.25) is 0 Å². The fraction of sp³-hybridized carbons (Fsp3) is 0.308. The van der Waals surface area contributed by atoms with Crippen LogP contribution in [0.2, 0.25) is 5.02 Å². The van der Waals surface area contributed by atoms with Crippen molar-refractivity contribution in [1.82, 2.24) is 4.98 Å². The molecule has 0 amide bonds. The lowest BCUT2D eigenvalue weighted by Gasteiger charge is -2.02. The normalized spacial score (nSPS) is 15.0. The van der Waals surface area contributed by atoms with E-state index < -0.39 is 0 Å². The second kappa shape index (κ2) is 4.52. The number of anilines is 1. The van der Waals surface area contributed by atoms with Gasteiger partial charge in [-0.05, 0) is 30.5 Å². The van der Waals surface area contributed by atoms with E-state index in [2.05, 4.69) is 4.98 Å². The van der Waals surface area contributed by atoms with E-state index in [1.807, 2.05) is 6.07 Å². The highest BCUT2D eigenvalue weighted by Gasteiger charge is 2.29. The van der Waals surface area contributed by atoms with Gasteiger partial charge in [0.1, 0.15) is 5.82 Å². The molecule has 1 heterocycles. The molecule has 0 atom stereocenters. The van der Waals surface area contributed by atoms with Crippen molar-refractivity contribution in [3.63, 3.8) is 0 Å². The van der Waals surface area contributed by atoms with E-state index in [9.17, 15) is 4.39 Å². The number of nitrogens with two attached hydrogens (primary N) is 1. The minimum atomic E-state index is -0.375. The number of thiazole rings is 1. The van der Waals surface area contributed by atoms with Gasteiger partial charge in [-0.1, -0.05) is 17.7 Å². The molecule has 0 spiro atoms. The lowest BCUT2D eigenvalue weighted by atomic mass is 10.1. The largest absolute Gasteiger partial charge is 0.375 e. The number of nitrogens with zero attached hydrogens (tertiary/aromatic N) is 1. The minimum Gasteiger partial charge on any atom is -0.375 e. The van der Waals surface area contributed by atoms with Crippen molar-refractivity contribution in [2.75, 3.05) is 5.73 Å². The summed E-state index contributed by atoms with van der Waals surface area (Å²) < 4.78 is 13.4. The first-order valence-corrected chi connectivity index (χ1v) is 7.02. The summed E-state index contributed by atoms with van der Waals surface area (Å²) in [6.07, 6.45) is 3.05. The van der Waals surface area contributed by atoms with Crippen LogP contribution in [0.4, 0.5) is 9.52 Å². The van der Waals surface area contributed by atoms with E-state index >= 15 is 0 Å². The first-order chi connectivity index (χ1) is 8.63. The maximum absolute atomic E-state index is 13.4. The summed E-state index contributed by atoms with van der Waals surface area (Å²) in [5, 5.41) is 0.756. The van der Waals surface area contributed by atoms with Crippen molar-refractivity contribution in [2.45, 2.75) is 25.2 Å². The maximum Gasteiger partial charge on any atom is 0.180 e. The van der Waals surface area contributed by atoms with Crippen LogP contribution in [0.3, 0.4) is 0 Å². The Bertz CT molecular complexity index is 593. The second-order valence-electron chi connectivity index (χ2n) is 4.56. The molecule has 2 nitrogen and oxygen atoms in total. The first kappa shape index (κ1) is 11.9. The van der Waals surface area contributed by atoms with Crippen molar-refractivity contribution >= 4 is 28.1 Å². The summed E-state index contributed by atoms with van der Waals surface area (Å²) in [7, 11) is 0. The summed E-state index contributed by atoms with van der Waals surface area (Å²) in [5.41, 5.74) is 7.77. The van der Waals surface area contributed by atoms with Gasteiger partial charge in [0.25, 0.3) is 0 Å². The third kappa shape index (κ3) is 2.35. The number of hydrogen-bond acceptors (Lipinski definition) is 3. The topological polar surface area (TPSA) is 38.9 Å². The fourth-order valence-electron chi connectivity index (χ4n) is 2.02. The summed E-state index contributed by atoms with van der Waals surface area (Å²) in [6.45, 7) is 0. The SMILES string of the molecule is Nc1nc(C2CC2)c(Cc2ccc(Cl)c(F)c2)s1. The predicted molar refractivity (Wildman–Crippen MR) is 72.7 cm³/mol. The molecule has 1 aliphatic carbocycles. The highest BCUT2D eigenvalue weighted by atomic mass is 35.5. The molecule has 94 valence electrons. The molecule has 1 saturated carbocycles. The van der Waals surface area contributed by atoms with Crippen LogP contribution >= 0.6 is 22.9 Å². The molecular weight excluding hydrogens is 271 g/mol. The van der Waals surface area contributed by atoms with E-state index in [-0.39, 0.29) is 10.8 Å². The lowest BCUT2D eigenvalue weighted by molar-refractivity contribution is 0.626. The minimum absolute atomic E-state index is 0.157. The molecular formula is C13H12ClFN2S. The van der Waals surface area contributed by atoms with Gasteiger partial charge in [0.15, 0.2) is 5.13 Å². The van der Waals surface area contributed by atoms with E-state index in [4.69, 9.17) is 17.3 Å². The molecule has 1 aromatic carbocycles. The van der Waals surface area contributed by atoms with Gasteiger partial charge in [0, 0.05) is 17.2 Å². The molecule has 0 aliphatic heterocycles. The number of benzene rings is 1. The van der Waals surface area contributed by atoms with Crippen LogP contribution in [0.5, 0.6) is 0 Å². The van der Waals surface area contributed by atoms with Crippen molar-refractivity contribution in [3.05, 3.63) is 45.2 Å². The summed E-state index contributed by atoms with van der Waals surface area (Å²) in [6, 6.07) is 4.92. The second-order valence-corrected chi connectivity index (χ2v) is 6.08. The fourth-order valence-corrected chi connectivity index (χ4v) is 3.09. The summed E-state index contributed by atoms with van der Waals surface area (Å²) in [4.78, 5) is 5.54. The Hall–Kier alpha value is -1.13. The average molecular weight is 283 g/mol. The number of rotatable bonds is 3. The van der Waals surface area contributed by atoms with Gasteiger partial charge in [0.2, 0.25) is 0 Å². The van der Waals surface area contributed by atoms with Gasteiger partial charge >= 0.3 is 0 Å². The molecule has 0 saturated heterocycles. The van der Waals surface area contributed by atoms with Gasteiger partial charge in [-0.25, -0.2) is 9.37 Å². The van der Waals surface area contributed by atoms with Crippen LogP contribution < -0.4 is 5.73 Å². The molecule has 1 aliphatic rings. The van der Waals surface area contributed by atoms with E-state index in [1.54, 1.807) is 6.07 Å². The van der Waals surface area contributed by atoms with Gasteiger partial charge in [-0.2, -0.15) is 0 Å². The zero-order valence-corrected chi connectivity index (χ0v) is 11.2. The molecule has 0 unspecified atom stereocenters. The van der Waals surface area contributed by atoms with Crippen LogP contribution in [0.1, 0.15) is 34.9 Å². The van der Waals surface area contributed by atoms with Crippen molar-refractivity contribution in [1.29, 1.82) is 0 Å². The van der Waals surface area contributed by atoms with E-state index in [0.29, 0.717) is 17.5 Å². The third-order valence-corrected chi connectivity index (χ3v) is 4.26. The van der Waals surface area contributed by atoms with E-state index in [0.717, 1.165) is 16.1 Å². The smallest absolute Gasteiger partial charge is 0.180 e. The van der Waals surface area contributed by atoms with Gasteiger partial charge in [-0.15, -0.1) is 11.3 Å². The number of aromatic nitrogens is 1. The zero-order valence-electron chi connectivity index (χ0n) is 9.62. The highest BCUT2D eigenvalue weighted by Crippen LogP contribution is 2.43. The molecule has 1 aromatic heterocycles. The lowest BCUT2D eigenvalue weighted by Crippen LogP contribution is -1.92. The van der Waals surface area contributed by atoms with Crippen LogP contribution in [-0.4, -0.2) is 4.98 Å². The monoisotopic (exact) mass is 282 g/mol. The Morgan fingerprint density at radius 1 is 1.44 bits per heavy atom. The molecule has 2 aromatic rings. The standard InChI is InChI=1S/C13H12ClFN2S/c14-9-4-1-7(5-10(9)15)6-11-12(8-2-3-8)17-13(16)18-11/h1,4-5,8H,2-3,6H2,(H2,16,17). The summed E-state index contributed by atoms with van der Waals surface area (Å²) >= 11 is 7.17. The number of nitrogen functional groups attached to an aromatic ring is 1. The zero-order chi connectivity index (χ0) is 12.7. The molecule has 5 heteroatoms. The van der Waals surface area contributed by atoms with Gasteiger partial charge < -0.3 is 5.73 Å². The molecule has 0 radical (unpaired) electrons. The van der Waals surface area contributed by atoms with Crippen LogP contribution in [0, 0.1) is 5.82 Å². The number of hydrogen-bond donors (Lipinski definition) is 1. The van der Waals surface area contributed by atoms with E-state index in [1.165, 1.54) is 30.2 Å². The van der Waals surface area contributed by atoms with Crippen molar-refractivity contribution < 1.29 is 4.39 Å². The average Bonchev–Trinajstić information content (AvgIpc) is 3.09. The Morgan fingerprint density at radius 2 is 2.22 bits per heavy atom. The van der Waals surface area contributed by atoms with Crippen molar-refractivity contribution in [2.24, 2.45) is 0 Å². The molecule has 2 N–H and O–H groups in total. The third-order valence-electron chi connectivity index (χ3n) is 3.06.